The molecule has 0 bridgehead atoms. The van der Waals surface area contributed by atoms with Gasteiger partial charge in [-0.3, -0.25) is 0 Å². The summed E-state index contributed by atoms with van der Waals surface area (Å²) < 4.78 is 0. The van der Waals surface area contributed by atoms with Crippen LogP contribution in [0.2, 0.25) is 5.02 Å². The summed E-state index contributed by atoms with van der Waals surface area (Å²) in [6.45, 7) is 0. The Bertz CT molecular complexity index is 327. The van der Waals surface area contributed by atoms with Gasteiger partial charge in [0.25, 0.3) is 0 Å². The molecule has 0 N–H and O–H groups in total. The van der Waals surface area contributed by atoms with Crippen LogP contribution in [0.25, 0.3) is 0 Å². The molecule has 82 valence electrons. The summed E-state index contributed by atoms with van der Waals surface area (Å²) >= 11 is 12.1. The Morgan fingerprint density at radius 2 is 1.87 bits per heavy atom. The van der Waals surface area contributed by atoms with Crippen molar-refractivity contribution in [3.8, 4) is 0 Å². The van der Waals surface area contributed by atoms with Crippen LogP contribution in [-0.4, -0.2) is 0 Å². The van der Waals surface area contributed by atoms with Crippen LogP contribution < -0.4 is 0 Å². The van der Waals surface area contributed by atoms with E-state index in [4.69, 9.17) is 23.2 Å². The molecule has 1 aliphatic rings. The van der Waals surface area contributed by atoms with Gasteiger partial charge in [-0.15, -0.1) is 11.6 Å². The van der Waals surface area contributed by atoms with E-state index in [-0.39, 0.29) is 0 Å². The third-order valence-corrected chi connectivity index (χ3v) is 3.90. The van der Waals surface area contributed by atoms with Gasteiger partial charge in [0.05, 0.1) is 0 Å². The molecule has 0 heterocycles. The Morgan fingerprint density at radius 3 is 2.47 bits per heavy atom. The van der Waals surface area contributed by atoms with Gasteiger partial charge in [-0.1, -0.05) is 43.0 Å². The topological polar surface area (TPSA) is 0 Å². The SMILES string of the molecule is ClCc1ccc(C2CCCCC2)c(Cl)c1. The molecule has 1 saturated carbocycles. The molecule has 0 saturated heterocycles. The summed E-state index contributed by atoms with van der Waals surface area (Å²) in [7, 11) is 0. The smallest absolute Gasteiger partial charge is 0.0474 e. The predicted octanol–water partition coefficient (Wildman–Crippen LogP) is 5.13. The molecule has 1 aromatic carbocycles. The number of hydrogen-bond donors (Lipinski definition) is 0. The summed E-state index contributed by atoms with van der Waals surface area (Å²) in [4.78, 5) is 0. The average Bonchev–Trinajstić information content (AvgIpc) is 2.30. The summed E-state index contributed by atoms with van der Waals surface area (Å²) in [5.74, 6) is 1.22. The lowest BCUT2D eigenvalue weighted by Gasteiger charge is -2.23. The second-order valence-corrected chi connectivity index (χ2v) is 5.00. The number of hydrogen-bond acceptors (Lipinski definition) is 0. The zero-order chi connectivity index (χ0) is 10.7. The molecular weight excluding hydrogens is 227 g/mol. The molecule has 15 heavy (non-hydrogen) atoms. The van der Waals surface area contributed by atoms with Crippen molar-refractivity contribution in [2.24, 2.45) is 0 Å². The first kappa shape index (κ1) is 11.3. The quantitative estimate of drug-likeness (QED) is 0.632. The van der Waals surface area contributed by atoms with Crippen LogP contribution in [0.3, 0.4) is 0 Å². The molecule has 0 aromatic heterocycles. The minimum Gasteiger partial charge on any atom is -0.122 e. The number of rotatable bonds is 2. The van der Waals surface area contributed by atoms with E-state index >= 15 is 0 Å². The average molecular weight is 243 g/mol. The van der Waals surface area contributed by atoms with Gasteiger partial charge in [0.1, 0.15) is 0 Å². The Labute approximate surface area is 102 Å². The lowest BCUT2D eigenvalue weighted by Crippen LogP contribution is -2.05. The van der Waals surface area contributed by atoms with E-state index in [1.807, 2.05) is 6.07 Å². The van der Waals surface area contributed by atoms with Crippen molar-refractivity contribution in [2.75, 3.05) is 0 Å². The van der Waals surface area contributed by atoms with Crippen LogP contribution in [0.4, 0.5) is 0 Å². The Hall–Kier alpha value is -0.200. The molecule has 0 aliphatic heterocycles. The van der Waals surface area contributed by atoms with Crippen LogP contribution in [0.1, 0.15) is 49.1 Å². The molecule has 0 nitrogen and oxygen atoms in total. The van der Waals surface area contributed by atoms with Gasteiger partial charge in [-0.2, -0.15) is 0 Å². The first-order chi connectivity index (χ1) is 7.31. The van der Waals surface area contributed by atoms with Gasteiger partial charge >= 0.3 is 0 Å². The van der Waals surface area contributed by atoms with Crippen LogP contribution in [0.15, 0.2) is 18.2 Å². The maximum absolute atomic E-state index is 6.28. The van der Waals surface area contributed by atoms with Crippen molar-refractivity contribution < 1.29 is 0 Å². The zero-order valence-electron chi connectivity index (χ0n) is 8.81. The maximum atomic E-state index is 6.28. The fourth-order valence-corrected chi connectivity index (χ4v) is 2.92. The van der Waals surface area contributed by atoms with Gasteiger partial charge in [-0.25, -0.2) is 0 Å². The number of benzene rings is 1. The third kappa shape index (κ3) is 2.68. The first-order valence-corrected chi connectivity index (χ1v) is 6.57. The van der Waals surface area contributed by atoms with E-state index in [2.05, 4.69) is 12.1 Å². The predicted molar refractivity (Wildman–Crippen MR) is 66.8 cm³/mol. The fourth-order valence-electron chi connectivity index (χ4n) is 2.40. The Kier molecular flexibility index (Phi) is 3.93. The van der Waals surface area contributed by atoms with Gasteiger partial charge in [0.2, 0.25) is 0 Å². The number of alkyl halides is 1. The third-order valence-electron chi connectivity index (χ3n) is 3.26. The van der Waals surface area contributed by atoms with Gasteiger partial charge in [0.15, 0.2) is 0 Å². The molecule has 2 heteroatoms. The van der Waals surface area contributed by atoms with E-state index in [1.165, 1.54) is 37.7 Å². The second kappa shape index (κ2) is 5.23. The van der Waals surface area contributed by atoms with Crippen molar-refractivity contribution in [3.63, 3.8) is 0 Å². The molecule has 1 aromatic rings. The second-order valence-electron chi connectivity index (χ2n) is 4.32. The van der Waals surface area contributed by atoms with Crippen molar-refractivity contribution in [3.05, 3.63) is 34.3 Å². The molecule has 0 radical (unpaired) electrons. The van der Waals surface area contributed by atoms with Gasteiger partial charge in [0, 0.05) is 10.9 Å². The highest BCUT2D eigenvalue weighted by atomic mass is 35.5. The largest absolute Gasteiger partial charge is 0.122 e. The Balaban J connectivity index is 2.19. The van der Waals surface area contributed by atoms with Crippen molar-refractivity contribution in [2.45, 2.75) is 43.9 Å². The van der Waals surface area contributed by atoms with E-state index < -0.39 is 0 Å². The van der Waals surface area contributed by atoms with Crippen molar-refractivity contribution in [1.82, 2.24) is 0 Å². The summed E-state index contributed by atoms with van der Waals surface area (Å²) in [6, 6.07) is 6.28. The molecule has 2 rings (SSSR count). The maximum Gasteiger partial charge on any atom is 0.0474 e. The van der Waals surface area contributed by atoms with Crippen molar-refractivity contribution in [1.29, 1.82) is 0 Å². The summed E-state index contributed by atoms with van der Waals surface area (Å²) in [5.41, 5.74) is 2.44. The highest BCUT2D eigenvalue weighted by molar-refractivity contribution is 6.31. The highest BCUT2D eigenvalue weighted by Crippen LogP contribution is 2.36. The Morgan fingerprint density at radius 1 is 1.13 bits per heavy atom. The fraction of sp³-hybridized carbons (Fsp3) is 0.538. The number of halogens is 2. The monoisotopic (exact) mass is 242 g/mol. The molecule has 0 spiro atoms. The highest BCUT2D eigenvalue weighted by Gasteiger charge is 2.17. The molecule has 0 atom stereocenters. The van der Waals surface area contributed by atoms with E-state index in [1.54, 1.807) is 0 Å². The van der Waals surface area contributed by atoms with Crippen LogP contribution >= 0.6 is 23.2 Å². The normalized spacial score (nSPS) is 18.0. The molecule has 1 aliphatic carbocycles. The van der Waals surface area contributed by atoms with Gasteiger partial charge < -0.3 is 0 Å². The standard InChI is InChI=1S/C13H16Cl2/c14-9-10-6-7-12(13(15)8-10)11-4-2-1-3-5-11/h6-8,11H,1-5,9H2. The van der Waals surface area contributed by atoms with E-state index in [9.17, 15) is 0 Å². The van der Waals surface area contributed by atoms with E-state index in [0.717, 1.165) is 10.6 Å². The molecule has 0 amide bonds. The van der Waals surface area contributed by atoms with Crippen molar-refractivity contribution >= 4 is 23.2 Å². The lowest BCUT2D eigenvalue weighted by atomic mass is 9.84. The minimum absolute atomic E-state index is 0.546. The molecule has 0 unspecified atom stereocenters. The minimum atomic E-state index is 0.546. The lowest BCUT2D eigenvalue weighted by molar-refractivity contribution is 0.443. The van der Waals surface area contributed by atoms with Crippen LogP contribution in [-0.2, 0) is 5.88 Å². The summed E-state index contributed by atoms with van der Waals surface area (Å²) in [5, 5.41) is 0.903. The van der Waals surface area contributed by atoms with Crippen LogP contribution in [0.5, 0.6) is 0 Å². The summed E-state index contributed by atoms with van der Waals surface area (Å²) in [6.07, 6.45) is 6.66. The van der Waals surface area contributed by atoms with Gasteiger partial charge in [-0.05, 0) is 36.0 Å². The van der Waals surface area contributed by atoms with E-state index in [0.29, 0.717) is 11.8 Å². The molecule has 1 fully saturated rings. The molecular formula is C13H16Cl2. The van der Waals surface area contributed by atoms with Crippen LogP contribution in [0, 0.1) is 0 Å². The first-order valence-electron chi connectivity index (χ1n) is 5.65. The zero-order valence-corrected chi connectivity index (χ0v) is 10.3.